The van der Waals surface area contributed by atoms with Crippen molar-refractivity contribution < 1.29 is 10.2 Å². The highest BCUT2D eigenvalue weighted by Gasteiger charge is 2.27. The lowest BCUT2D eigenvalue weighted by Gasteiger charge is -2.33. The van der Waals surface area contributed by atoms with Gasteiger partial charge in [0.05, 0.1) is 5.69 Å². The van der Waals surface area contributed by atoms with Crippen LogP contribution in [0.4, 0.5) is 0 Å². The van der Waals surface area contributed by atoms with Crippen LogP contribution in [0.3, 0.4) is 0 Å². The number of aromatic hydroxyl groups is 2. The highest BCUT2D eigenvalue weighted by Crippen LogP contribution is 2.39. The molecular weight excluding hydrogens is 371 g/mol. The molecule has 1 aliphatic rings. The zero-order valence-electron chi connectivity index (χ0n) is 14.2. The zero-order valence-corrected chi connectivity index (χ0v) is 15.7. The predicted molar refractivity (Wildman–Crippen MR) is 104 cm³/mol. The third kappa shape index (κ3) is 2.94. The van der Waals surface area contributed by atoms with E-state index in [2.05, 4.69) is 11.9 Å². The molecule has 1 aromatic heterocycles. The largest absolute Gasteiger partial charge is 0.494 e. The van der Waals surface area contributed by atoms with Gasteiger partial charge in [-0.15, -0.1) is 0 Å². The molecule has 0 fully saturated rings. The van der Waals surface area contributed by atoms with Gasteiger partial charge in [0.1, 0.15) is 0 Å². The van der Waals surface area contributed by atoms with E-state index < -0.39 is 0 Å². The Balaban J connectivity index is 1.84. The lowest BCUT2D eigenvalue weighted by molar-refractivity contribution is 0.295. The van der Waals surface area contributed by atoms with Gasteiger partial charge in [0.2, 0.25) is 0 Å². The van der Waals surface area contributed by atoms with E-state index in [1.165, 1.54) is 16.7 Å². The molecule has 4 nitrogen and oxygen atoms in total. The summed E-state index contributed by atoms with van der Waals surface area (Å²) in [7, 11) is 2.06. The van der Waals surface area contributed by atoms with Gasteiger partial charge >= 0.3 is 0 Å². The average molecular weight is 389 g/mol. The maximum absolute atomic E-state index is 10.0. The van der Waals surface area contributed by atoms with Gasteiger partial charge in [-0.3, -0.25) is 4.57 Å². The lowest BCUT2D eigenvalue weighted by Crippen LogP contribution is -2.31. The van der Waals surface area contributed by atoms with Crippen LogP contribution in [0.2, 0.25) is 10.0 Å². The van der Waals surface area contributed by atoms with Crippen LogP contribution < -0.4 is 0 Å². The van der Waals surface area contributed by atoms with Crippen LogP contribution in [0.15, 0.2) is 48.5 Å². The van der Waals surface area contributed by atoms with Crippen molar-refractivity contribution >= 4 is 23.2 Å². The lowest BCUT2D eigenvalue weighted by atomic mass is 9.84. The second-order valence-electron chi connectivity index (χ2n) is 6.68. The minimum atomic E-state index is -0.00750. The van der Waals surface area contributed by atoms with Gasteiger partial charge in [-0.05, 0) is 48.0 Å². The average Bonchev–Trinajstić information content (AvgIpc) is 2.94. The number of benzene rings is 2. The smallest absolute Gasteiger partial charge is 0.198 e. The fourth-order valence-corrected chi connectivity index (χ4v) is 4.26. The Kier molecular flexibility index (Phi) is 4.35. The van der Waals surface area contributed by atoms with E-state index in [-0.39, 0.29) is 17.7 Å². The molecule has 0 aliphatic carbocycles. The van der Waals surface area contributed by atoms with Gasteiger partial charge < -0.3 is 15.1 Å². The quantitative estimate of drug-likeness (QED) is 0.664. The topological polar surface area (TPSA) is 48.6 Å². The van der Waals surface area contributed by atoms with Gasteiger partial charge in [-0.25, -0.2) is 0 Å². The molecule has 26 heavy (non-hydrogen) atoms. The molecule has 0 unspecified atom stereocenters. The Hall–Kier alpha value is -2.14. The molecule has 2 aromatic carbocycles. The molecule has 0 saturated heterocycles. The van der Waals surface area contributed by atoms with Crippen LogP contribution in [-0.2, 0) is 6.54 Å². The van der Waals surface area contributed by atoms with Gasteiger partial charge in [0, 0.05) is 41.2 Å². The fourth-order valence-electron chi connectivity index (χ4n) is 3.69. The fraction of sp³-hybridized carbons (Fsp3) is 0.200. The summed E-state index contributed by atoms with van der Waals surface area (Å²) in [4.78, 5) is 2.23. The van der Waals surface area contributed by atoms with Crippen molar-refractivity contribution in [3.63, 3.8) is 0 Å². The van der Waals surface area contributed by atoms with Crippen molar-refractivity contribution in [2.75, 3.05) is 13.6 Å². The number of nitrogens with zero attached hydrogens (tertiary/aromatic N) is 2. The Labute approximate surface area is 161 Å². The summed E-state index contributed by atoms with van der Waals surface area (Å²) in [5.74, 6) is 0.0820. The van der Waals surface area contributed by atoms with E-state index >= 15 is 0 Å². The maximum Gasteiger partial charge on any atom is 0.198 e. The van der Waals surface area contributed by atoms with Crippen LogP contribution in [-0.4, -0.2) is 33.3 Å². The number of hydrogen-bond acceptors (Lipinski definition) is 3. The molecule has 6 heteroatoms. The molecule has 0 radical (unpaired) electrons. The Morgan fingerprint density at radius 1 is 1.00 bits per heavy atom. The van der Waals surface area contributed by atoms with Gasteiger partial charge in [0.15, 0.2) is 11.8 Å². The molecule has 0 bridgehead atoms. The monoisotopic (exact) mass is 388 g/mol. The molecule has 1 aliphatic heterocycles. The van der Waals surface area contributed by atoms with Gasteiger partial charge in [-0.2, -0.15) is 0 Å². The SMILES string of the molecule is CN1Cc2c(Cl)cc(Cl)cc2[C@H](c2cccc(-n3c(O)ccc3O)c2)C1. The predicted octanol–water partition coefficient (Wildman–Crippen LogP) is 4.77. The summed E-state index contributed by atoms with van der Waals surface area (Å²) in [5.41, 5.74) is 3.98. The number of hydrogen-bond donors (Lipinski definition) is 2. The van der Waals surface area contributed by atoms with E-state index in [1.54, 1.807) is 6.07 Å². The highest BCUT2D eigenvalue weighted by molar-refractivity contribution is 6.35. The molecule has 0 spiro atoms. The molecule has 3 aromatic rings. The summed E-state index contributed by atoms with van der Waals surface area (Å²) in [6.45, 7) is 1.61. The molecule has 2 heterocycles. The number of halogens is 2. The van der Waals surface area contributed by atoms with Crippen LogP contribution in [0.5, 0.6) is 11.8 Å². The first-order chi connectivity index (χ1) is 12.4. The number of likely N-dealkylation sites (N-methyl/N-ethyl adjacent to an activating group) is 1. The Bertz CT molecular complexity index is 964. The Morgan fingerprint density at radius 2 is 1.73 bits per heavy atom. The Morgan fingerprint density at radius 3 is 2.46 bits per heavy atom. The summed E-state index contributed by atoms with van der Waals surface area (Å²) in [6.07, 6.45) is 0. The molecule has 134 valence electrons. The standard InChI is InChI=1S/C20H18Cl2N2O2/c1-23-10-16(15-8-13(21)9-18(22)17(15)11-23)12-3-2-4-14(7-12)24-19(25)5-6-20(24)26/h2-9,16,25-26H,10-11H2,1H3/t16-/m0/s1. The molecular formula is C20H18Cl2N2O2. The van der Waals surface area contributed by atoms with Crippen LogP contribution in [0.25, 0.3) is 5.69 Å². The maximum atomic E-state index is 10.0. The molecule has 4 rings (SSSR count). The van der Waals surface area contributed by atoms with E-state index in [4.69, 9.17) is 23.2 Å². The van der Waals surface area contributed by atoms with Crippen molar-refractivity contribution in [3.05, 3.63) is 75.3 Å². The third-order valence-corrected chi connectivity index (χ3v) is 5.42. The summed E-state index contributed by atoms with van der Waals surface area (Å²) >= 11 is 12.7. The normalized spacial score (nSPS) is 17.3. The molecule has 2 N–H and O–H groups in total. The van der Waals surface area contributed by atoms with Gasteiger partial charge in [-0.1, -0.05) is 35.3 Å². The molecule has 0 amide bonds. The number of rotatable bonds is 2. The first-order valence-electron chi connectivity index (χ1n) is 8.30. The van der Waals surface area contributed by atoms with Crippen molar-refractivity contribution in [2.45, 2.75) is 12.5 Å². The highest BCUT2D eigenvalue weighted by atomic mass is 35.5. The summed E-state index contributed by atoms with van der Waals surface area (Å²) in [6, 6.07) is 14.5. The number of fused-ring (bicyclic) bond motifs is 1. The number of aromatic nitrogens is 1. The van der Waals surface area contributed by atoms with Crippen LogP contribution in [0.1, 0.15) is 22.6 Å². The molecule has 0 saturated carbocycles. The first kappa shape index (κ1) is 17.3. The third-order valence-electron chi connectivity index (χ3n) is 4.86. The minimum Gasteiger partial charge on any atom is -0.494 e. The second-order valence-corrected chi connectivity index (χ2v) is 7.53. The summed E-state index contributed by atoms with van der Waals surface area (Å²) < 4.78 is 1.40. The minimum absolute atomic E-state index is 0.00750. The van der Waals surface area contributed by atoms with Crippen molar-refractivity contribution in [1.29, 1.82) is 0 Å². The van der Waals surface area contributed by atoms with Crippen molar-refractivity contribution in [2.24, 2.45) is 0 Å². The van der Waals surface area contributed by atoms with E-state index in [0.29, 0.717) is 15.7 Å². The van der Waals surface area contributed by atoms with Crippen LogP contribution in [0, 0.1) is 0 Å². The van der Waals surface area contributed by atoms with Gasteiger partial charge in [0.25, 0.3) is 0 Å². The van der Waals surface area contributed by atoms with E-state index in [1.807, 2.05) is 30.3 Å². The van der Waals surface area contributed by atoms with E-state index in [0.717, 1.165) is 29.8 Å². The van der Waals surface area contributed by atoms with E-state index in [9.17, 15) is 10.2 Å². The second kappa shape index (κ2) is 6.54. The van der Waals surface area contributed by atoms with Crippen molar-refractivity contribution in [1.82, 2.24) is 9.47 Å². The first-order valence-corrected chi connectivity index (χ1v) is 9.06. The molecule has 1 atom stereocenters. The summed E-state index contributed by atoms with van der Waals surface area (Å²) in [5, 5.41) is 21.3. The van der Waals surface area contributed by atoms with Crippen LogP contribution >= 0.6 is 23.2 Å². The van der Waals surface area contributed by atoms with Crippen molar-refractivity contribution in [3.8, 4) is 17.4 Å². The zero-order chi connectivity index (χ0) is 18.4.